The van der Waals surface area contributed by atoms with Crippen molar-refractivity contribution in [1.29, 1.82) is 0 Å². The molecule has 7 nitrogen and oxygen atoms in total. The van der Waals surface area contributed by atoms with E-state index in [1.807, 2.05) is 0 Å². The van der Waals surface area contributed by atoms with Crippen LogP contribution < -0.4 is 5.32 Å². The minimum absolute atomic E-state index is 0.105. The monoisotopic (exact) mass is 355 g/mol. The first kappa shape index (κ1) is 16.2. The van der Waals surface area contributed by atoms with E-state index in [4.69, 9.17) is 9.63 Å². The zero-order valence-corrected chi connectivity index (χ0v) is 13.7. The van der Waals surface area contributed by atoms with Gasteiger partial charge in [0.15, 0.2) is 0 Å². The smallest absolute Gasteiger partial charge is 0.335 e. The number of anilines is 1. The first-order valence-corrected chi connectivity index (χ1v) is 8.05. The summed E-state index contributed by atoms with van der Waals surface area (Å²) in [6, 6.07) is 4.99. The van der Waals surface area contributed by atoms with Crippen molar-refractivity contribution in [2.45, 2.75) is 25.7 Å². The molecule has 1 fully saturated rings. The van der Waals surface area contributed by atoms with Crippen LogP contribution in [0.1, 0.15) is 50.9 Å². The fraction of sp³-hybridized carbons (Fsp3) is 0.222. The van der Waals surface area contributed by atoms with Crippen LogP contribution in [0.25, 0.3) is 11.1 Å². The largest absolute Gasteiger partial charge is 0.478 e. The molecule has 8 heteroatoms. The molecule has 0 unspecified atom stereocenters. The fourth-order valence-electron chi connectivity index (χ4n) is 2.82. The van der Waals surface area contributed by atoms with Gasteiger partial charge in [-0.3, -0.25) is 4.79 Å². The molecule has 0 radical (unpaired) electrons. The van der Waals surface area contributed by atoms with Crippen molar-refractivity contribution in [3.05, 3.63) is 52.6 Å². The van der Waals surface area contributed by atoms with E-state index >= 15 is 0 Å². The highest BCUT2D eigenvalue weighted by Gasteiger charge is 2.28. The van der Waals surface area contributed by atoms with Crippen LogP contribution in [0.15, 0.2) is 28.8 Å². The summed E-state index contributed by atoms with van der Waals surface area (Å²) in [5, 5.41) is 15.7. The minimum Gasteiger partial charge on any atom is -0.478 e. The number of carbonyl (C=O) groups is 2. The average molecular weight is 355 g/mol. The molecule has 2 aromatic heterocycles. The molecular formula is C18H14FN3O4. The van der Waals surface area contributed by atoms with Crippen molar-refractivity contribution in [2.75, 3.05) is 5.32 Å². The number of carboxylic acids is 1. The van der Waals surface area contributed by atoms with Gasteiger partial charge in [-0.25, -0.2) is 14.2 Å². The highest BCUT2D eigenvalue weighted by atomic mass is 19.1. The number of nitrogens with zero attached hydrogens (tertiary/aromatic N) is 2. The van der Waals surface area contributed by atoms with Crippen molar-refractivity contribution in [3.63, 3.8) is 0 Å². The first-order valence-electron chi connectivity index (χ1n) is 8.05. The van der Waals surface area contributed by atoms with E-state index in [-0.39, 0.29) is 17.0 Å². The third kappa shape index (κ3) is 2.79. The third-order valence-electron chi connectivity index (χ3n) is 4.34. The lowest BCUT2D eigenvalue weighted by Crippen LogP contribution is -2.15. The van der Waals surface area contributed by atoms with Gasteiger partial charge in [0.25, 0.3) is 11.6 Å². The Bertz CT molecular complexity index is 1060. The maximum absolute atomic E-state index is 14.1. The molecule has 1 aliphatic carbocycles. The summed E-state index contributed by atoms with van der Waals surface area (Å²) in [6.45, 7) is 1.70. The van der Waals surface area contributed by atoms with Gasteiger partial charge in [0.05, 0.1) is 27.9 Å². The Balaban J connectivity index is 1.72. The summed E-state index contributed by atoms with van der Waals surface area (Å²) in [5.41, 5.74) is 1.54. The molecule has 4 rings (SSSR count). The molecular weight excluding hydrogens is 341 g/mol. The molecule has 1 amide bonds. The molecule has 26 heavy (non-hydrogen) atoms. The second kappa shape index (κ2) is 5.91. The van der Waals surface area contributed by atoms with Gasteiger partial charge in [0.1, 0.15) is 5.82 Å². The SMILES string of the molecule is Cc1noc2nc(C3CC3)cc(C(=O)Nc3ccc(C(=O)O)cc3F)c12. The molecule has 0 spiro atoms. The fourth-order valence-corrected chi connectivity index (χ4v) is 2.82. The Labute approximate surface area is 146 Å². The number of carboxylic acid groups (broad SMARTS) is 1. The van der Waals surface area contributed by atoms with Gasteiger partial charge in [-0.15, -0.1) is 0 Å². The van der Waals surface area contributed by atoms with Crippen LogP contribution in [0.4, 0.5) is 10.1 Å². The predicted octanol–water partition coefficient (Wildman–Crippen LogP) is 3.50. The number of pyridine rings is 1. The first-order chi connectivity index (χ1) is 12.4. The molecule has 1 aromatic carbocycles. The van der Waals surface area contributed by atoms with Gasteiger partial charge in [0.2, 0.25) is 0 Å². The van der Waals surface area contributed by atoms with E-state index in [1.165, 1.54) is 12.1 Å². The standard InChI is InChI=1S/C18H14FN3O4/c1-8-15-11(7-14(9-2-3-9)21-17(15)26-22-8)16(23)20-13-5-4-10(18(24)25)6-12(13)19/h4-7,9H,2-3H2,1H3,(H,20,23)(H,24,25). The maximum atomic E-state index is 14.1. The molecule has 2 N–H and O–H groups in total. The van der Waals surface area contributed by atoms with Crippen LogP contribution in [0, 0.1) is 12.7 Å². The Hall–Kier alpha value is -3.29. The quantitative estimate of drug-likeness (QED) is 0.742. The summed E-state index contributed by atoms with van der Waals surface area (Å²) >= 11 is 0. The Morgan fingerprint density at radius 2 is 2.08 bits per heavy atom. The van der Waals surface area contributed by atoms with Gasteiger partial charge in [-0.1, -0.05) is 5.16 Å². The number of halogens is 1. The van der Waals surface area contributed by atoms with Crippen molar-refractivity contribution in [3.8, 4) is 0 Å². The molecule has 0 bridgehead atoms. The average Bonchev–Trinajstić information content (AvgIpc) is 3.39. The van der Waals surface area contributed by atoms with E-state index in [0.29, 0.717) is 22.6 Å². The Morgan fingerprint density at radius 1 is 1.31 bits per heavy atom. The summed E-state index contributed by atoms with van der Waals surface area (Å²) < 4.78 is 19.3. The number of carbonyl (C=O) groups excluding carboxylic acids is 1. The number of fused-ring (bicyclic) bond motifs is 1. The Kier molecular flexibility index (Phi) is 3.68. The second-order valence-electron chi connectivity index (χ2n) is 6.27. The van der Waals surface area contributed by atoms with Gasteiger partial charge < -0.3 is 14.9 Å². The highest BCUT2D eigenvalue weighted by molar-refractivity contribution is 6.12. The number of nitrogens with one attached hydrogen (secondary N) is 1. The third-order valence-corrected chi connectivity index (χ3v) is 4.34. The van der Waals surface area contributed by atoms with Gasteiger partial charge in [0, 0.05) is 11.6 Å². The van der Waals surface area contributed by atoms with Gasteiger partial charge in [-0.2, -0.15) is 0 Å². The number of aromatic carboxylic acids is 1. The van der Waals surface area contributed by atoms with E-state index in [2.05, 4.69) is 15.5 Å². The Morgan fingerprint density at radius 3 is 2.73 bits per heavy atom. The van der Waals surface area contributed by atoms with E-state index < -0.39 is 17.7 Å². The maximum Gasteiger partial charge on any atom is 0.335 e. The summed E-state index contributed by atoms with van der Waals surface area (Å²) in [4.78, 5) is 28.1. The molecule has 0 aliphatic heterocycles. The van der Waals surface area contributed by atoms with Crippen molar-refractivity contribution in [1.82, 2.24) is 10.1 Å². The molecule has 3 aromatic rings. The van der Waals surface area contributed by atoms with E-state index in [1.54, 1.807) is 13.0 Å². The summed E-state index contributed by atoms with van der Waals surface area (Å²) in [6.07, 6.45) is 2.00. The normalized spacial score (nSPS) is 13.8. The van der Waals surface area contributed by atoms with E-state index in [9.17, 15) is 14.0 Å². The van der Waals surface area contributed by atoms with E-state index in [0.717, 1.165) is 24.6 Å². The van der Waals surface area contributed by atoms with Crippen LogP contribution in [0.2, 0.25) is 0 Å². The zero-order chi connectivity index (χ0) is 18.4. The molecule has 0 saturated heterocycles. The summed E-state index contributed by atoms with van der Waals surface area (Å²) in [5.74, 6) is -2.31. The number of benzene rings is 1. The highest BCUT2D eigenvalue weighted by Crippen LogP contribution is 2.40. The van der Waals surface area contributed by atoms with Crippen LogP contribution in [0.3, 0.4) is 0 Å². The lowest BCUT2D eigenvalue weighted by atomic mass is 10.1. The van der Waals surface area contributed by atoms with Gasteiger partial charge >= 0.3 is 5.97 Å². The number of aryl methyl sites for hydroxylation is 1. The van der Waals surface area contributed by atoms with Crippen molar-refractivity contribution in [2.24, 2.45) is 0 Å². The van der Waals surface area contributed by atoms with Crippen LogP contribution in [0.5, 0.6) is 0 Å². The number of rotatable bonds is 4. The number of hydrogen-bond donors (Lipinski definition) is 2. The van der Waals surface area contributed by atoms with Crippen LogP contribution >= 0.6 is 0 Å². The second-order valence-corrected chi connectivity index (χ2v) is 6.27. The zero-order valence-electron chi connectivity index (χ0n) is 13.7. The molecule has 1 saturated carbocycles. The lowest BCUT2D eigenvalue weighted by molar-refractivity contribution is 0.0696. The number of aromatic nitrogens is 2. The predicted molar refractivity (Wildman–Crippen MR) is 89.8 cm³/mol. The van der Waals surface area contributed by atoms with Crippen molar-refractivity contribution >= 4 is 28.7 Å². The minimum atomic E-state index is -1.24. The van der Waals surface area contributed by atoms with Crippen LogP contribution in [-0.2, 0) is 0 Å². The number of amides is 1. The van der Waals surface area contributed by atoms with Gasteiger partial charge in [-0.05, 0) is 44.0 Å². The topological polar surface area (TPSA) is 105 Å². The van der Waals surface area contributed by atoms with Crippen molar-refractivity contribution < 1.29 is 23.6 Å². The number of hydrogen-bond acceptors (Lipinski definition) is 5. The lowest BCUT2D eigenvalue weighted by Gasteiger charge is -2.09. The molecule has 0 atom stereocenters. The van der Waals surface area contributed by atoms with Crippen LogP contribution in [-0.4, -0.2) is 27.1 Å². The summed E-state index contributed by atoms with van der Waals surface area (Å²) in [7, 11) is 0. The molecule has 2 heterocycles. The molecule has 1 aliphatic rings. The molecule has 132 valence electrons.